The van der Waals surface area contributed by atoms with E-state index in [9.17, 15) is 4.79 Å². The summed E-state index contributed by atoms with van der Waals surface area (Å²) < 4.78 is 0. The molecule has 8 heteroatoms. The minimum Gasteiger partial charge on any atom is -0.351 e. The average Bonchev–Trinajstić information content (AvgIpc) is 3.14. The Bertz CT molecular complexity index is 876. The van der Waals surface area contributed by atoms with Gasteiger partial charge in [-0.3, -0.25) is 9.63 Å². The van der Waals surface area contributed by atoms with Crippen molar-refractivity contribution >= 4 is 23.5 Å². The molecule has 0 spiro atoms. The zero-order valence-corrected chi connectivity index (χ0v) is 15.3. The molecule has 1 saturated carbocycles. The molecular formula is C19H18ClN5O2. The summed E-state index contributed by atoms with van der Waals surface area (Å²) in [6.45, 7) is 0.530. The highest BCUT2D eigenvalue weighted by Gasteiger charge is 2.41. The van der Waals surface area contributed by atoms with Gasteiger partial charge in [0.2, 0.25) is 11.9 Å². The van der Waals surface area contributed by atoms with Crippen LogP contribution in [-0.4, -0.2) is 33.6 Å². The van der Waals surface area contributed by atoms with E-state index in [2.05, 4.69) is 15.3 Å². The molecule has 27 heavy (non-hydrogen) atoms. The van der Waals surface area contributed by atoms with Gasteiger partial charge < -0.3 is 5.32 Å². The van der Waals surface area contributed by atoms with Gasteiger partial charge in [0.05, 0.1) is 12.6 Å². The van der Waals surface area contributed by atoms with Gasteiger partial charge >= 0.3 is 0 Å². The zero-order valence-electron chi connectivity index (χ0n) is 14.5. The lowest BCUT2D eigenvalue weighted by Crippen LogP contribution is -2.45. The van der Waals surface area contributed by atoms with Crippen LogP contribution in [0.5, 0.6) is 0 Å². The number of nitriles is 1. The van der Waals surface area contributed by atoms with Crippen molar-refractivity contribution in [2.75, 3.05) is 11.9 Å². The molecule has 0 unspecified atom stereocenters. The first kappa shape index (κ1) is 17.7. The van der Waals surface area contributed by atoms with E-state index >= 15 is 0 Å². The van der Waals surface area contributed by atoms with Gasteiger partial charge in [-0.1, -0.05) is 23.7 Å². The van der Waals surface area contributed by atoms with Crippen molar-refractivity contribution in [2.45, 2.75) is 31.3 Å². The van der Waals surface area contributed by atoms with Crippen LogP contribution in [-0.2, 0) is 9.63 Å². The summed E-state index contributed by atoms with van der Waals surface area (Å²) in [4.78, 5) is 26.7. The summed E-state index contributed by atoms with van der Waals surface area (Å²) in [5.74, 6) is 0.341. The molecule has 2 aromatic rings. The standard InChI is InChI=1S/C19H18ClN5O2/c20-14-3-1-12(2-4-14)17-6-8-27-25(17)18(26)13-9-16(10-13)24-19-22-7-5-15(11-21)23-19/h1-5,7,13,16-17H,6,8-10H2,(H,22,23,24)/t13?,16?,17-/m0/s1. The van der Waals surface area contributed by atoms with Crippen LogP contribution in [0, 0.1) is 17.2 Å². The second-order valence-electron chi connectivity index (χ2n) is 6.74. The number of nitrogens with zero attached hydrogens (tertiary/aromatic N) is 4. The van der Waals surface area contributed by atoms with E-state index in [-0.39, 0.29) is 23.9 Å². The van der Waals surface area contributed by atoms with Crippen molar-refractivity contribution in [3.05, 3.63) is 52.8 Å². The van der Waals surface area contributed by atoms with Crippen LogP contribution in [0.25, 0.3) is 0 Å². The number of hydrogen-bond acceptors (Lipinski definition) is 6. The van der Waals surface area contributed by atoms with Crippen LogP contribution in [0.1, 0.15) is 36.6 Å². The Labute approximate surface area is 161 Å². The topological polar surface area (TPSA) is 91.1 Å². The highest BCUT2D eigenvalue weighted by atomic mass is 35.5. The van der Waals surface area contributed by atoms with Crippen LogP contribution in [0.3, 0.4) is 0 Å². The monoisotopic (exact) mass is 383 g/mol. The van der Waals surface area contributed by atoms with E-state index in [1.807, 2.05) is 30.3 Å². The van der Waals surface area contributed by atoms with Crippen LogP contribution >= 0.6 is 11.6 Å². The molecule has 1 atom stereocenters. The number of carbonyl (C=O) groups is 1. The van der Waals surface area contributed by atoms with E-state index < -0.39 is 0 Å². The molecule has 1 saturated heterocycles. The predicted molar refractivity (Wildman–Crippen MR) is 98.5 cm³/mol. The van der Waals surface area contributed by atoms with Crippen molar-refractivity contribution in [2.24, 2.45) is 5.92 Å². The highest BCUT2D eigenvalue weighted by Crippen LogP contribution is 2.37. The lowest BCUT2D eigenvalue weighted by molar-refractivity contribution is -0.184. The molecule has 7 nitrogen and oxygen atoms in total. The third-order valence-corrected chi connectivity index (χ3v) is 5.22. The maximum Gasteiger partial charge on any atom is 0.249 e. The molecule has 0 radical (unpaired) electrons. The fourth-order valence-electron chi connectivity index (χ4n) is 3.46. The first-order valence-electron chi connectivity index (χ1n) is 8.85. The predicted octanol–water partition coefficient (Wildman–Crippen LogP) is 3.10. The molecule has 1 amide bonds. The molecule has 1 N–H and O–H groups in total. The third kappa shape index (κ3) is 3.72. The summed E-state index contributed by atoms with van der Waals surface area (Å²) >= 11 is 5.95. The lowest BCUT2D eigenvalue weighted by atomic mass is 9.79. The normalized spacial score (nSPS) is 24.1. The number of carbonyl (C=O) groups excluding carboxylic acids is 1. The second kappa shape index (κ2) is 7.51. The molecule has 2 heterocycles. The summed E-state index contributed by atoms with van der Waals surface area (Å²) in [5.41, 5.74) is 1.34. The number of rotatable bonds is 4. The number of hydroxylamine groups is 2. The van der Waals surface area contributed by atoms with Crippen molar-refractivity contribution in [3.63, 3.8) is 0 Å². The maximum atomic E-state index is 12.8. The molecule has 138 valence electrons. The molecule has 2 aliphatic rings. The molecule has 1 aliphatic heterocycles. The quantitative estimate of drug-likeness (QED) is 0.872. The average molecular weight is 384 g/mol. The summed E-state index contributed by atoms with van der Waals surface area (Å²) in [7, 11) is 0. The number of hydrogen-bond donors (Lipinski definition) is 1. The number of benzene rings is 1. The first-order chi connectivity index (χ1) is 13.1. The van der Waals surface area contributed by atoms with Crippen LogP contribution in [0.15, 0.2) is 36.5 Å². The first-order valence-corrected chi connectivity index (χ1v) is 9.23. The van der Waals surface area contributed by atoms with Gasteiger partial charge in [0.15, 0.2) is 0 Å². The van der Waals surface area contributed by atoms with E-state index in [1.54, 1.807) is 12.3 Å². The molecule has 1 aromatic heterocycles. The Morgan fingerprint density at radius 3 is 2.81 bits per heavy atom. The summed E-state index contributed by atoms with van der Waals surface area (Å²) in [6.07, 6.45) is 3.69. The van der Waals surface area contributed by atoms with Crippen LogP contribution in [0.2, 0.25) is 5.02 Å². The van der Waals surface area contributed by atoms with Crippen LogP contribution in [0.4, 0.5) is 5.95 Å². The summed E-state index contributed by atoms with van der Waals surface area (Å²) in [5, 5.41) is 14.3. The van der Waals surface area contributed by atoms with Gasteiger partial charge in [-0.25, -0.2) is 15.0 Å². The van der Waals surface area contributed by atoms with Gasteiger partial charge in [-0.15, -0.1) is 0 Å². The lowest BCUT2D eigenvalue weighted by Gasteiger charge is -2.37. The van der Waals surface area contributed by atoms with Crippen molar-refractivity contribution in [1.82, 2.24) is 15.0 Å². The third-order valence-electron chi connectivity index (χ3n) is 4.97. The fraction of sp³-hybridized carbons (Fsp3) is 0.368. The van der Waals surface area contributed by atoms with E-state index in [0.717, 1.165) is 12.0 Å². The Kier molecular flexibility index (Phi) is 4.92. The number of nitrogens with one attached hydrogen (secondary N) is 1. The van der Waals surface area contributed by atoms with Crippen molar-refractivity contribution in [3.8, 4) is 6.07 Å². The largest absolute Gasteiger partial charge is 0.351 e. The smallest absolute Gasteiger partial charge is 0.249 e. The van der Waals surface area contributed by atoms with Gasteiger partial charge in [0, 0.05) is 29.6 Å². The molecule has 1 aromatic carbocycles. The maximum absolute atomic E-state index is 12.8. The molecule has 1 aliphatic carbocycles. The van der Waals surface area contributed by atoms with Crippen molar-refractivity contribution < 1.29 is 9.63 Å². The molecule has 0 bridgehead atoms. The molecule has 4 rings (SSSR count). The number of aromatic nitrogens is 2. The number of halogens is 1. The Balaban J connectivity index is 1.35. The highest BCUT2D eigenvalue weighted by molar-refractivity contribution is 6.30. The van der Waals surface area contributed by atoms with Gasteiger partial charge in [-0.05, 0) is 36.6 Å². The Morgan fingerprint density at radius 1 is 1.30 bits per heavy atom. The summed E-state index contributed by atoms with van der Waals surface area (Å²) in [6, 6.07) is 11.1. The number of amides is 1. The SMILES string of the molecule is N#Cc1ccnc(NC2CC(C(=O)N3OCC[C@H]3c3ccc(Cl)cc3)C2)n1. The zero-order chi connectivity index (χ0) is 18.8. The fourth-order valence-corrected chi connectivity index (χ4v) is 3.59. The Morgan fingerprint density at radius 2 is 2.07 bits per heavy atom. The van der Waals surface area contributed by atoms with Gasteiger partial charge in [0.25, 0.3) is 0 Å². The Hall–Kier alpha value is -2.69. The second-order valence-corrected chi connectivity index (χ2v) is 7.18. The van der Waals surface area contributed by atoms with E-state index in [0.29, 0.717) is 36.1 Å². The number of anilines is 1. The minimum absolute atomic E-state index is 0.0113. The van der Waals surface area contributed by atoms with Gasteiger partial charge in [0.1, 0.15) is 11.8 Å². The minimum atomic E-state index is -0.0884. The van der Waals surface area contributed by atoms with E-state index in [4.69, 9.17) is 21.7 Å². The van der Waals surface area contributed by atoms with Gasteiger partial charge in [-0.2, -0.15) is 5.26 Å². The molecular weight excluding hydrogens is 366 g/mol. The van der Waals surface area contributed by atoms with Crippen molar-refractivity contribution in [1.29, 1.82) is 5.26 Å². The van der Waals surface area contributed by atoms with Crippen LogP contribution < -0.4 is 5.32 Å². The van der Waals surface area contributed by atoms with E-state index in [1.165, 1.54) is 5.06 Å². The molecule has 2 fully saturated rings.